The second kappa shape index (κ2) is 7.93. The van der Waals surface area contributed by atoms with Crippen LogP contribution in [0.3, 0.4) is 0 Å². The highest BCUT2D eigenvalue weighted by molar-refractivity contribution is 5.95. The van der Waals surface area contributed by atoms with Crippen LogP contribution in [0.5, 0.6) is 0 Å². The number of nitrogens with zero attached hydrogens (tertiary/aromatic N) is 1. The summed E-state index contributed by atoms with van der Waals surface area (Å²) in [5.74, 6) is 0.652. The molecule has 0 fully saturated rings. The van der Waals surface area contributed by atoms with Crippen molar-refractivity contribution in [1.82, 2.24) is 4.90 Å². The first kappa shape index (κ1) is 16.5. The van der Waals surface area contributed by atoms with E-state index >= 15 is 0 Å². The summed E-state index contributed by atoms with van der Waals surface area (Å²) in [7, 11) is 1.89. The molecule has 0 aromatic heterocycles. The van der Waals surface area contributed by atoms with Gasteiger partial charge in [-0.15, -0.1) is 0 Å². The molecule has 112 valence electrons. The van der Waals surface area contributed by atoms with Crippen LogP contribution < -0.4 is 5.32 Å². The van der Waals surface area contributed by atoms with Crippen LogP contribution in [-0.4, -0.2) is 30.9 Å². The van der Waals surface area contributed by atoms with Crippen molar-refractivity contribution in [2.24, 2.45) is 5.92 Å². The molecule has 0 radical (unpaired) electrons. The Morgan fingerprint density at radius 2 is 2.05 bits per heavy atom. The topological polar surface area (TPSA) is 32.3 Å². The van der Waals surface area contributed by atoms with Crippen molar-refractivity contribution in [2.45, 2.75) is 40.5 Å². The fourth-order valence-corrected chi connectivity index (χ4v) is 2.17. The SMILES string of the molecule is CCCNc1ccc(C(=O)N(C)CC(C)CC)c(C)c1. The van der Waals surface area contributed by atoms with Crippen molar-refractivity contribution in [3.63, 3.8) is 0 Å². The first-order chi connectivity index (χ1) is 9.49. The number of hydrogen-bond acceptors (Lipinski definition) is 2. The fraction of sp³-hybridized carbons (Fsp3) is 0.588. The van der Waals surface area contributed by atoms with Gasteiger partial charge in [-0.1, -0.05) is 27.2 Å². The quantitative estimate of drug-likeness (QED) is 0.818. The minimum Gasteiger partial charge on any atom is -0.385 e. The van der Waals surface area contributed by atoms with Crippen LogP contribution in [0.2, 0.25) is 0 Å². The van der Waals surface area contributed by atoms with Crippen LogP contribution in [-0.2, 0) is 0 Å². The number of carbonyl (C=O) groups excluding carboxylic acids is 1. The maximum Gasteiger partial charge on any atom is 0.253 e. The van der Waals surface area contributed by atoms with E-state index in [0.29, 0.717) is 5.92 Å². The molecule has 1 atom stereocenters. The van der Waals surface area contributed by atoms with E-state index in [2.05, 4.69) is 32.2 Å². The standard InChI is InChI=1S/C17H28N2O/c1-6-10-18-15-8-9-16(14(4)11-15)17(20)19(5)12-13(3)7-2/h8-9,11,13,18H,6-7,10,12H2,1-5H3. The summed E-state index contributed by atoms with van der Waals surface area (Å²) in [6.07, 6.45) is 2.19. The van der Waals surface area contributed by atoms with Crippen LogP contribution in [0.1, 0.15) is 49.5 Å². The van der Waals surface area contributed by atoms with Crippen molar-refractivity contribution >= 4 is 11.6 Å². The van der Waals surface area contributed by atoms with Crippen molar-refractivity contribution < 1.29 is 4.79 Å². The van der Waals surface area contributed by atoms with Gasteiger partial charge >= 0.3 is 0 Å². The lowest BCUT2D eigenvalue weighted by Crippen LogP contribution is -2.31. The Kier molecular flexibility index (Phi) is 6.56. The Morgan fingerprint density at radius 3 is 2.60 bits per heavy atom. The first-order valence-corrected chi connectivity index (χ1v) is 7.59. The van der Waals surface area contributed by atoms with Crippen LogP contribution in [0.15, 0.2) is 18.2 Å². The molecule has 1 N–H and O–H groups in total. The summed E-state index contributed by atoms with van der Waals surface area (Å²) in [5.41, 5.74) is 2.93. The van der Waals surface area contributed by atoms with E-state index in [1.54, 1.807) is 0 Å². The number of hydrogen-bond donors (Lipinski definition) is 1. The largest absolute Gasteiger partial charge is 0.385 e. The molecular formula is C17H28N2O. The average Bonchev–Trinajstić information content (AvgIpc) is 2.44. The molecular weight excluding hydrogens is 248 g/mol. The summed E-state index contributed by atoms with van der Waals surface area (Å²) in [5, 5.41) is 3.35. The van der Waals surface area contributed by atoms with Crippen LogP contribution in [0, 0.1) is 12.8 Å². The van der Waals surface area contributed by atoms with Crippen LogP contribution in [0.4, 0.5) is 5.69 Å². The number of rotatable bonds is 7. The van der Waals surface area contributed by atoms with Gasteiger partial charge in [0.1, 0.15) is 0 Å². The maximum absolute atomic E-state index is 12.4. The van der Waals surface area contributed by atoms with Crippen molar-refractivity contribution in [2.75, 3.05) is 25.5 Å². The lowest BCUT2D eigenvalue weighted by molar-refractivity contribution is 0.0774. The third-order valence-electron chi connectivity index (χ3n) is 3.67. The second-order valence-corrected chi connectivity index (χ2v) is 5.66. The molecule has 0 heterocycles. The maximum atomic E-state index is 12.4. The summed E-state index contributed by atoms with van der Waals surface area (Å²) < 4.78 is 0. The molecule has 0 aliphatic carbocycles. The van der Waals surface area contributed by atoms with Gasteiger partial charge in [-0.05, 0) is 43.0 Å². The van der Waals surface area contributed by atoms with E-state index in [0.717, 1.165) is 42.7 Å². The zero-order valence-corrected chi connectivity index (χ0v) is 13.5. The van der Waals surface area contributed by atoms with Gasteiger partial charge in [0.05, 0.1) is 0 Å². The third-order valence-corrected chi connectivity index (χ3v) is 3.67. The van der Waals surface area contributed by atoms with Gasteiger partial charge in [-0.3, -0.25) is 4.79 Å². The average molecular weight is 276 g/mol. The molecule has 0 bridgehead atoms. The van der Waals surface area contributed by atoms with E-state index in [1.165, 1.54) is 0 Å². The van der Waals surface area contributed by atoms with E-state index in [-0.39, 0.29) is 5.91 Å². The zero-order chi connectivity index (χ0) is 15.1. The van der Waals surface area contributed by atoms with Crippen LogP contribution >= 0.6 is 0 Å². The highest BCUT2D eigenvalue weighted by Gasteiger charge is 2.15. The number of carbonyl (C=O) groups is 1. The molecule has 0 aliphatic heterocycles. The molecule has 1 rings (SSSR count). The smallest absolute Gasteiger partial charge is 0.253 e. The van der Waals surface area contributed by atoms with Gasteiger partial charge in [-0.25, -0.2) is 0 Å². The van der Waals surface area contributed by atoms with Crippen molar-refractivity contribution in [3.8, 4) is 0 Å². The van der Waals surface area contributed by atoms with Gasteiger partial charge in [0.2, 0.25) is 0 Å². The molecule has 1 amide bonds. The van der Waals surface area contributed by atoms with Gasteiger partial charge < -0.3 is 10.2 Å². The van der Waals surface area contributed by atoms with Gasteiger partial charge in [0.25, 0.3) is 5.91 Å². The Hall–Kier alpha value is -1.51. The number of aryl methyl sites for hydroxylation is 1. The van der Waals surface area contributed by atoms with E-state index in [9.17, 15) is 4.79 Å². The predicted molar refractivity (Wildman–Crippen MR) is 86.4 cm³/mol. The van der Waals surface area contributed by atoms with Gasteiger partial charge in [0.15, 0.2) is 0 Å². The molecule has 1 unspecified atom stereocenters. The molecule has 1 aromatic rings. The third kappa shape index (κ3) is 4.55. The summed E-state index contributed by atoms with van der Waals surface area (Å²) >= 11 is 0. The lowest BCUT2D eigenvalue weighted by Gasteiger charge is -2.22. The Balaban J connectivity index is 2.78. The zero-order valence-electron chi connectivity index (χ0n) is 13.5. The second-order valence-electron chi connectivity index (χ2n) is 5.66. The summed E-state index contributed by atoms with van der Waals surface area (Å²) in [6, 6.07) is 5.98. The molecule has 20 heavy (non-hydrogen) atoms. The van der Waals surface area contributed by atoms with E-state index in [4.69, 9.17) is 0 Å². The predicted octanol–water partition coefficient (Wildman–Crippen LogP) is 3.94. The molecule has 0 saturated carbocycles. The molecule has 3 heteroatoms. The van der Waals surface area contributed by atoms with Gasteiger partial charge in [-0.2, -0.15) is 0 Å². The summed E-state index contributed by atoms with van der Waals surface area (Å²) in [4.78, 5) is 14.3. The molecule has 1 aromatic carbocycles. The highest BCUT2D eigenvalue weighted by Crippen LogP contribution is 2.17. The number of benzene rings is 1. The summed E-state index contributed by atoms with van der Waals surface area (Å²) in [6.45, 7) is 10.2. The van der Waals surface area contributed by atoms with Gasteiger partial charge in [0, 0.05) is 31.4 Å². The minimum atomic E-state index is 0.116. The normalized spacial score (nSPS) is 12.1. The van der Waals surface area contributed by atoms with E-state index in [1.807, 2.05) is 31.0 Å². The molecule has 3 nitrogen and oxygen atoms in total. The lowest BCUT2D eigenvalue weighted by atomic mass is 10.0. The molecule has 0 aliphatic rings. The van der Waals surface area contributed by atoms with Crippen molar-refractivity contribution in [1.29, 1.82) is 0 Å². The number of amides is 1. The Labute approximate surface area is 123 Å². The number of nitrogens with one attached hydrogen (secondary N) is 1. The fourth-order valence-electron chi connectivity index (χ4n) is 2.17. The minimum absolute atomic E-state index is 0.116. The van der Waals surface area contributed by atoms with Crippen molar-refractivity contribution in [3.05, 3.63) is 29.3 Å². The molecule has 0 spiro atoms. The Morgan fingerprint density at radius 1 is 1.35 bits per heavy atom. The number of anilines is 1. The van der Waals surface area contributed by atoms with Crippen LogP contribution in [0.25, 0.3) is 0 Å². The first-order valence-electron chi connectivity index (χ1n) is 7.59. The molecule has 0 saturated heterocycles. The van der Waals surface area contributed by atoms with E-state index < -0.39 is 0 Å². The Bertz CT molecular complexity index is 443. The monoisotopic (exact) mass is 276 g/mol. The highest BCUT2D eigenvalue weighted by atomic mass is 16.2.